The van der Waals surface area contributed by atoms with Gasteiger partial charge in [0.25, 0.3) is 0 Å². The van der Waals surface area contributed by atoms with Gasteiger partial charge in [-0.25, -0.2) is 4.39 Å². The summed E-state index contributed by atoms with van der Waals surface area (Å²) in [6.07, 6.45) is 9.39. The molecule has 1 N–H and O–H groups in total. The molecule has 4 heterocycles. The van der Waals surface area contributed by atoms with Crippen LogP contribution in [0.4, 0.5) is 15.9 Å². The number of nitrogens with zero attached hydrogens (tertiary/aromatic N) is 4. The summed E-state index contributed by atoms with van der Waals surface area (Å²) >= 11 is 9.77. The first-order chi connectivity index (χ1) is 22.4. The molecule has 0 radical (unpaired) electrons. The van der Waals surface area contributed by atoms with E-state index in [1.807, 2.05) is 18.2 Å². The summed E-state index contributed by atoms with van der Waals surface area (Å²) in [7, 11) is -0.993. The Kier molecular flexibility index (Phi) is 9.63. The standard InChI is InChI=1S/C34H36BrClFN5O3S/c35-27-18-30-26(33-31(42(30)23-7-8-23)19-38-40-34(33)39-22-6-11-29(37)28(36)16-22)17-32(27)44-14-4-5-15-46(43)21-25-10-9-24(45-25)20-41-12-2-1-3-13-41/h6,9-11,16-19,23H,1-5,7-8,12-15,20-21H2,(H,39,40). The Morgan fingerprint density at radius 3 is 2.70 bits per heavy atom. The van der Waals surface area contributed by atoms with Gasteiger partial charge in [-0.15, -0.1) is 5.10 Å². The van der Waals surface area contributed by atoms with Crippen LogP contribution < -0.4 is 10.1 Å². The average molecular weight is 729 g/mol. The minimum atomic E-state index is -0.993. The number of rotatable bonds is 13. The smallest absolute Gasteiger partial charge is 0.163 e. The summed E-state index contributed by atoms with van der Waals surface area (Å²) < 4.78 is 42.0. The minimum Gasteiger partial charge on any atom is -0.492 e. The van der Waals surface area contributed by atoms with Crippen LogP contribution in [0.3, 0.4) is 0 Å². The van der Waals surface area contributed by atoms with Gasteiger partial charge >= 0.3 is 0 Å². The van der Waals surface area contributed by atoms with E-state index < -0.39 is 16.6 Å². The third-order valence-corrected chi connectivity index (χ3v) is 10.9. The molecule has 0 bridgehead atoms. The molecular weight excluding hydrogens is 693 g/mol. The number of fused-ring (bicyclic) bond motifs is 3. The number of likely N-dealkylation sites (tertiary alicyclic amines) is 1. The van der Waals surface area contributed by atoms with Crippen molar-refractivity contribution in [3.8, 4) is 5.75 Å². The van der Waals surface area contributed by atoms with E-state index >= 15 is 0 Å². The number of hydrogen-bond donors (Lipinski definition) is 1. The van der Waals surface area contributed by atoms with Crippen LogP contribution in [-0.2, 0) is 23.1 Å². The molecule has 8 nitrogen and oxygen atoms in total. The number of aromatic nitrogens is 3. The molecule has 242 valence electrons. The van der Waals surface area contributed by atoms with Crippen molar-refractivity contribution in [2.75, 3.05) is 30.8 Å². The van der Waals surface area contributed by atoms with Crippen molar-refractivity contribution in [1.82, 2.24) is 19.7 Å². The second-order valence-corrected chi connectivity index (χ2v) is 15.0. The van der Waals surface area contributed by atoms with Crippen LogP contribution in [-0.4, -0.2) is 49.3 Å². The van der Waals surface area contributed by atoms with E-state index in [0.717, 1.165) is 88.9 Å². The fraction of sp³-hybridized carbons (Fsp3) is 0.412. The van der Waals surface area contributed by atoms with Gasteiger partial charge in [-0.1, -0.05) is 18.0 Å². The molecule has 0 spiro atoms. The summed E-state index contributed by atoms with van der Waals surface area (Å²) in [5.74, 6) is 3.61. The van der Waals surface area contributed by atoms with Crippen molar-refractivity contribution in [2.24, 2.45) is 0 Å². The lowest BCUT2D eigenvalue weighted by atomic mass is 10.1. The third-order valence-electron chi connectivity index (χ3n) is 8.64. The maximum atomic E-state index is 13.8. The van der Waals surface area contributed by atoms with Gasteiger partial charge in [-0.2, -0.15) is 5.10 Å². The van der Waals surface area contributed by atoms with Gasteiger partial charge in [0.1, 0.15) is 23.1 Å². The van der Waals surface area contributed by atoms with Crippen molar-refractivity contribution in [1.29, 1.82) is 0 Å². The molecule has 2 aromatic carbocycles. The number of hydrogen-bond acceptors (Lipinski definition) is 7. The van der Waals surface area contributed by atoms with E-state index in [1.54, 1.807) is 12.3 Å². The molecule has 0 amide bonds. The molecule has 1 saturated heterocycles. The topological polar surface area (TPSA) is 85.4 Å². The molecule has 2 aliphatic rings. The number of anilines is 2. The summed E-state index contributed by atoms with van der Waals surface area (Å²) in [4.78, 5) is 2.43. The van der Waals surface area contributed by atoms with E-state index in [2.05, 4.69) is 47.0 Å². The molecule has 5 aromatic rings. The SMILES string of the molecule is O=S(CCCCOc1cc2c3c(Nc4ccc(F)c(Cl)c4)nncc3n(C3CC3)c2cc1Br)Cc1ccc(CN2CCCCC2)o1. The zero-order chi connectivity index (χ0) is 31.6. The second-order valence-electron chi connectivity index (χ2n) is 12.2. The van der Waals surface area contributed by atoms with E-state index in [-0.39, 0.29) is 5.02 Å². The monoisotopic (exact) mass is 727 g/mol. The predicted octanol–water partition coefficient (Wildman–Crippen LogP) is 8.90. The highest BCUT2D eigenvalue weighted by Gasteiger charge is 2.29. The molecule has 7 rings (SSSR count). The zero-order valence-corrected chi connectivity index (χ0v) is 28.6. The summed E-state index contributed by atoms with van der Waals surface area (Å²) in [5, 5.41) is 13.9. The number of ether oxygens (including phenoxy) is 1. The second kappa shape index (κ2) is 14.0. The fourth-order valence-corrected chi connectivity index (χ4v) is 8.00. The van der Waals surface area contributed by atoms with Crippen molar-refractivity contribution in [3.05, 3.63) is 75.5 Å². The molecule has 46 heavy (non-hydrogen) atoms. The van der Waals surface area contributed by atoms with Crippen LogP contribution in [0.2, 0.25) is 5.02 Å². The van der Waals surface area contributed by atoms with E-state index in [9.17, 15) is 8.60 Å². The van der Waals surface area contributed by atoms with E-state index in [4.69, 9.17) is 20.8 Å². The van der Waals surface area contributed by atoms with Gasteiger partial charge in [0.15, 0.2) is 5.82 Å². The normalized spacial score (nSPS) is 16.3. The summed E-state index contributed by atoms with van der Waals surface area (Å²) in [6, 6.07) is 13.0. The minimum absolute atomic E-state index is 0.0346. The Bertz CT molecular complexity index is 1890. The maximum absolute atomic E-state index is 13.8. The first-order valence-electron chi connectivity index (χ1n) is 15.9. The lowest BCUT2D eigenvalue weighted by Crippen LogP contribution is -2.28. The number of unbranched alkanes of at least 4 members (excludes halogenated alkanes) is 1. The first-order valence-corrected chi connectivity index (χ1v) is 18.6. The number of furan rings is 1. The lowest BCUT2D eigenvalue weighted by Gasteiger charge is -2.25. The van der Waals surface area contributed by atoms with Gasteiger partial charge in [-0.3, -0.25) is 9.11 Å². The zero-order valence-electron chi connectivity index (χ0n) is 25.4. The van der Waals surface area contributed by atoms with Crippen LogP contribution in [0.15, 0.2) is 57.6 Å². The van der Waals surface area contributed by atoms with Crippen LogP contribution in [0, 0.1) is 5.82 Å². The predicted molar refractivity (Wildman–Crippen MR) is 185 cm³/mol. The lowest BCUT2D eigenvalue weighted by molar-refractivity contribution is 0.204. The molecule has 3 aromatic heterocycles. The molecule has 1 aliphatic carbocycles. The van der Waals surface area contributed by atoms with Crippen LogP contribution >= 0.6 is 27.5 Å². The fourth-order valence-electron chi connectivity index (χ4n) is 6.23. The highest BCUT2D eigenvalue weighted by atomic mass is 79.9. The Labute approximate surface area is 283 Å². The van der Waals surface area contributed by atoms with Gasteiger partial charge in [0.2, 0.25) is 0 Å². The molecule has 1 aliphatic heterocycles. The highest BCUT2D eigenvalue weighted by Crippen LogP contribution is 2.46. The van der Waals surface area contributed by atoms with Crippen molar-refractivity contribution < 1.29 is 17.8 Å². The first kappa shape index (κ1) is 31.6. The van der Waals surface area contributed by atoms with E-state index in [1.165, 1.54) is 31.4 Å². The van der Waals surface area contributed by atoms with E-state index in [0.29, 0.717) is 35.7 Å². The number of benzene rings is 2. The molecule has 12 heteroatoms. The molecule has 1 saturated carbocycles. The van der Waals surface area contributed by atoms with Crippen molar-refractivity contribution in [2.45, 2.75) is 63.3 Å². The number of nitrogens with one attached hydrogen (secondary N) is 1. The Morgan fingerprint density at radius 2 is 1.89 bits per heavy atom. The van der Waals surface area contributed by atoms with Gasteiger partial charge in [-0.05, 0) is 110 Å². The number of piperidine rings is 1. The molecule has 2 fully saturated rings. The largest absolute Gasteiger partial charge is 0.492 e. The third kappa shape index (κ3) is 7.12. The number of halogens is 3. The summed E-state index contributed by atoms with van der Waals surface area (Å²) in [6.45, 7) is 3.58. The Hall–Kier alpha value is -2.99. The highest BCUT2D eigenvalue weighted by molar-refractivity contribution is 9.10. The van der Waals surface area contributed by atoms with Crippen LogP contribution in [0.5, 0.6) is 5.75 Å². The average Bonchev–Trinajstić information content (AvgIpc) is 3.71. The van der Waals surface area contributed by atoms with Crippen molar-refractivity contribution in [3.63, 3.8) is 0 Å². The van der Waals surface area contributed by atoms with Gasteiger partial charge in [0.05, 0.1) is 51.0 Å². The Balaban J connectivity index is 0.997. The molecule has 1 unspecified atom stereocenters. The maximum Gasteiger partial charge on any atom is 0.163 e. The van der Waals surface area contributed by atoms with Gasteiger partial charge in [0, 0.05) is 33.7 Å². The molecular formula is C34H36BrClFN5O3S. The van der Waals surface area contributed by atoms with Crippen LogP contribution in [0.25, 0.3) is 21.8 Å². The quantitative estimate of drug-likeness (QED) is 0.121. The van der Waals surface area contributed by atoms with Gasteiger partial charge < -0.3 is 19.0 Å². The van der Waals surface area contributed by atoms with Crippen LogP contribution in [0.1, 0.15) is 62.5 Å². The van der Waals surface area contributed by atoms with Crippen molar-refractivity contribution >= 4 is 71.6 Å². The Morgan fingerprint density at radius 1 is 1.07 bits per heavy atom. The molecule has 1 atom stereocenters. The summed E-state index contributed by atoms with van der Waals surface area (Å²) in [5.41, 5.74) is 2.67.